The van der Waals surface area contributed by atoms with Crippen molar-refractivity contribution in [2.75, 3.05) is 6.61 Å². The molecule has 0 fully saturated rings. The maximum absolute atomic E-state index is 11.8. The highest BCUT2D eigenvalue weighted by Gasteiger charge is 2.07. The Kier molecular flexibility index (Phi) is 5.90. The fraction of sp³-hybridized carbons (Fsp3) is 0.353. The van der Waals surface area contributed by atoms with Crippen LogP contribution in [0.25, 0.3) is 0 Å². The van der Waals surface area contributed by atoms with Gasteiger partial charge in [0.05, 0.1) is 6.61 Å². The largest absolute Gasteiger partial charge is 0.494 e. The van der Waals surface area contributed by atoms with Gasteiger partial charge in [0.1, 0.15) is 17.3 Å². The minimum Gasteiger partial charge on any atom is -0.494 e. The second-order valence-electron chi connectivity index (χ2n) is 5.12. The van der Waals surface area contributed by atoms with Crippen molar-refractivity contribution in [1.82, 2.24) is 5.32 Å². The van der Waals surface area contributed by atoms with Crippen molar-refractivity contribution in [2.45, 2.75) is 33.2 Å². The summed E-state index contributed by atoms with van der Waals surface area (Å²) in [5.74, 6) is 2.48. The summed E-state index contributed by atoms with van der Waals surface area (Å²) in [5, 5.41) is 3.56. The maximum Gasteiger partial charge on any atom is 0.220 e. The first-order valence-electron chi connectivity index (χ1n) is 7.25. The molecule has 1 aromatic heterocycles. The molecule has 0 aliphatic rings. The van der Waals surface area contributed by atoms with E-state index in [0.29, 0.717) is 31.0 Å². The van der Waals surface area contributed by atoms with Gasteiger partial charge in [0.15, 0.2) is 0 Å². The molecule has 0 radical (unpaired) electrons. The number of hydrogen-bond donors (Lipinski definition) is 1. The summed E-state index contributed by atoms with van der Waals surface area (Å²) in [5.41, 5.74) is 1.02. The predicted octanol–water partition coefficient (Wildman–Crippen LogP) is 4.03. The molecule has 0 saturated carbocycles. The molecule has 22 heavy (non-hydrogen) atoms. The molecule has 1 amide bonds. The molecule has 118 valence electrons. The molecule has 0 aliphatic heterocycles. The molecule has 0 atom stereocenters. The number of nitrogens with one attached hydrogen (secondary N) is 1. The fourth-order valence-corrected chi connectivity index (χ4v) is 2.22. The first kappa shape index (κ1) is 16.4. The molecular weight excluding hydrogens is 302 g/mol. The van der Waals surface area contributed by atoms with Crippen LogP contribution in [0.3, 0.4) is 0 Å². The normalized spacial score (nSPS) is 10.5. The number of aryl methyl sites for hydroxylation is 2. The minimum atomic E-state index is 0.0120. The zero-order valence-electron chi connectivity index (χ0n) is 12.8. The van der Waals surface area contributed by atoms with Crippen LogP contribution in [0.15, 0.2) is 34.7 Å². The van der Waals surface area contributed by atoms with Gasteiger partial charge in [-0.2, -0.15) is 0 Å². The van der Waals surface area contributed by atoms with Crippen molar-refractivity contribution in [3.63, 3.8) is 0 Å². The van der Waals surface area contributed by atoms with Crippen LogP contribution in [0.5, 0.6) is 5.75 Å². The zero-order valence-corrected chi connectivity index (χ0v) is 13.6. The van der Waals surface area contributed by atoms with Crippen LogP contribution in [0, 0.1) is 13.8 Å². The third kappa shape index (κ3) is 5.11. The topological polar surface area (TPSA) is 51.5 Å². The molecule has 5 heteroatoms. The lowest BCUT2D eigenvalue weighted by Gasteiger charge is -2.07. The molecule has 2 rings (SSSR count). The van der Waals surface area contributed by atoms with Gasteiger partial charge in [0.25, 0.3) is 0 Å². The Morgan fingerprint density at radius 2 is 2.00 bits per heavy atom. The van der Waals surface area contributed by atoms with E-state index in [9.17, 15) is 4.79 Å². The summed E-state index contributed by atoms with van der Waals surface area (Å²) < 4.78 is 11.0. The van der Waals surface area contributed by atoms with Crippen molar-refractivity contribution in [3.8, 4) is 5.75 Å². The number of furan rings is 1. The predicted molar refractivity (Wildman–Crippen MR) is 86.2 cm³/mol. The van der Waals surface area contributed by atoms with Gasteiger partial charge in [-0.3, -0.25) is 4.79 Å². The molecule has 1 aromatic carbocycles. The summed E-state index contributed by atoms with van der Waals surface area (Å²) in [7, 11) is 0. The first-order valence-corrected chi connectivity index (χ1v) is 7.63. The molecule has 0 spiro atoms. The number of ether oxygens (including phenoxy) is 1. The van der Waals surface area contributed by atoms with Crippen molar-refractivity contribution < 1.29 is 13.9 Å². The second kappa shape index (κ2) is 7.90. The van der Waals surface area contributed by atoms with Crippen molar-refractivity contribution in [1.29, 1.82) is 0 Å². The quantitative estimate of drug-likeness (QED) is 0.783. The molecule has 1 N–H and O–H groups in total. The van der Waals surface area contributed by atoms with Gasteiger partial charge in [-0.25, -0.2) is 0 Å². The number of rotatable bonds is 7. The van der Waals surface area contributed by atoms with Crippen LogP contribution in [-0.4, -0.2) is 12.5 Å². The van der Waals surface area contributed by atoms with Gasteiger partial charge in [0, 0.05) is 23.6 Å². The van der Waals surface area contributed by atoms with E-state index in [0.717, 1.165) is 22.8 Å². The smallest absolute Gasteiger partial charge is 0.220 e. The van der Waals surface area contributed by atoms with Crippen molar-refractivity contribution in [2.24, 2.45) is 0 Å². The number of benzene rings is 1. The van der Waals surface area contributed by atoms with Gasteiger partial charge in [-0.15, -0.1) is 0 Å². The average Bonchev–Trinajstić information content (AvgIpc) is 2.81. The van der Waals surface area contributed by atoms with Crippen LogP contribution in [-0.2, 0) is 11.3 Å². The number of amides is 1. The maximum atomic E-state index is 11.8. The molecule has 0 bridgehead atoms. The van der Waals surface area contributed by atoms with Crippen LogP contribution in [0.4, 0.5) is 0 Å². The van der Waals surface area contributed by atoms with E-state index in [2.05, 4.69) is 5.32 Å². The highest BCUT2D eigenvalue weighted by Crippen LogP contribution is 2.16. The fourth-order valence-electron chi connectivity index (χ4n) is 2.09. The Morgan fingerprint density at radius 3 is 2.64 bits per heavy atom. The first-order chi connectivity index (χ1) is 10.5. The van der Waals surface area contributed by atoms with Crippen LogP contribution in [0.1, 0.15) is 29.9 Å². The Hall–Kier alpha value is -1.94. The molecule has 2 aromatic rings. The van der Waals surface area contributed by atoms with Gasteiger partial charge < -0.3 is 14.5 Å². The lowest BCUT2D eigenvalue weighted by molar-refractivity contribution is -0.121. The SMILES string of the molecule is Cc1cc(CNC(=O)CCCOc2ccc(Cl)cc2)c(C)o1. The van der Waals surface area contributed by atoms with Gasteiger partial charge in [-0.05, 0) is 50.6 Å². The monoisotopic (exact) mass is 321 g/mol. The van der Waals surface area contributed by atoms with Gasteiger partial charge >= 0.3 is 0 Å². The summed E-state index contributed by atoms with van der Waals surface area (Å²) in [6.45, 7) is 4.79. The molecule has 0 saturated heterocycles. The van der Waals surface area contributed by atoms with E-state index in [1.165, 1.54) is 0 Å². The highest BCUT2D eigenvalue weighted by atomic mass is 35.5. The van der Waals surface area contributed by atoms with Gasteiger partial charge in [0.2, 0.25) is 5.91 Å². The summed E-state index contributed by atoms with van der Waals surface area (Å²) in [6.07, 6.45) is 1.10. The third-order valence-electron chi connectivity index (χ3n) is 3.25. The van der Waals surface area contributed by atoms with Crippen LogP contribution in [0.2, 0.25) is 5.02 Å². The lowest BCUT2D eigenvalue weighted by atomic mass is 10.2. The number of halogens is 1. The summed E-state index contributed by atoms with van der Waals surface area (Å²) in [4.78, 5) is 11.8. The lowest BCUT2D eigenvalue weighted by Crippen LogP contribution is -2.23. The number of hydrogen-bond acceptors (Lipinski definition) is 3. The highest BCUT2D eigenvalue weighted by molar-refractivity contribution is 6.30. The third-order valence-corrected chi connectivity index (χ3v) is 3.50. The Morgan fingerprint density at radius 1 is 1.27 bits per heavy atom. The van der Waals surface area contributed by atoms with Crippen molar-refractivity contribution >= 4 is 17.5 Å². The van der Waals surface area contributed by atoms with E-state index in [4.69, 9.17) is 20.8 Å². The molecule has 4 nitrogen and oxygen atoms in total. The van der Waals surface area contributed by atoms with Crippen LogP contribution >= 0.6 is 11.6 Å². The Labute approximate surface area is 135 Å². The second-order valence-corrected chi connectivity index (χ2v) is 5.56. The minimum absolute atomic E-state index is 0.0120. The molecule has 1 heterocycles. The zero-order chi connectivity index (χ0) is 15.9. The van der Waals surface area contributed by atoms with E-state index in [1.807, 2.05) is 32.0 Å². The standard InChI is InChI=1S/C17H20ClNO3/c1-12-10-14(13(2)22-12)11-19-17(20)4-3-9-21-16-7-5-15(18)6-8-16/h5-8,10H,3-4,9,11H2,1-2H3,(H,19,20). The molecule has 0 unspecified atom stereocenters. The van der Waals surface area contributed by atoms with E-state index < -0.39 is 0 Å². The van der Waals surface area contributed by atoms with Crippen LogP contribution < -0.4 is 10.1 Å². The Balaban J connectivity index is 1.63. The number of carbonyl (C=O) groups excluding carboxylic acids is 1. The van der Waals surface area contributed by atoms with Gasteiger partial charge in [-0.1, -0.05) is 11.6 Å². The van der Waals surface area contributed by atoms with E-state index in [1.54, 1.807) is 12.1 Å². The summed E-state index contributed by atoms with van der Waals surface area (Å²) >= 11 is 5.80. The van der Waals surface area contributed by atoms with Crippen molar-refractivity contribution in [3.05, 3.63) is 52.4 Å². The number of carbonyl (C=O) groups is 1. The van der Waals surface area contributed by atoms with E-state index in [-0.39, 0.29) is 5.91 Å². The molecule has 0 aliphatic carbocycles. The average molecular weight is 322 g/mol. The Bertz CT molecular complexity index is 619. The van der Waals surface area contributed by atoms with E-state index >= 15 is 0 Å². The summed E-state index contributed by atoms with van der Waals surface area (Å²) in [6, 6.07) is 9.12. The molecular formula is C17H20ClNO3.